The van der Waals surface area contributed by atoms with Crippen LogP contribution in [-0.4, -0.2) is 78.0 Å². The molecule has 0 aromatic rings. The highest BCUT2D eigenvalue weighted by molar-refractivity contribution is 7.80. The number of carbonyl (C=O) groups is 1. The summed E-state index contributed by atoms with van der Waals surface area (Å²) in [6.45, 7) is 5.53. The van der Waals surface area contributed by atoms with Crippen LogP contribution in [0.15, 0.2) is 0 Å². The summed E-state index contributed by atoms with van der Waals surface area (Å²) >= 11 is 4.85. The summed E-state index contributed by atoms with van der Waals surface area (Å²) < 4.78 is 0. The molecule has 0 aliphatic carbocycles. The number of hydrogen-bond acceptors (Lipinski definition) is 4. The molecule has 5 nitrogen and oxygen atoms in total. The summed E-state index contributed by atoms with van der Waals surface area (Å²) in [5, 5.41) is 0. The topological polar surface area (TPSA) is 52.8 Å². The smallest absolute Gasteiger partial charge is 0.236 e. The molecule has 1 atom stereocenters. The highest BCUT2D eigenvalue weighted by Crippen LogP contribution is 2.20. The number of amides is 1. The van der Waals surface area contributed by atoms with Gasteiger partial charge in [0.2, 0.25) is 5.91 Å². The molecule has 2 fully saturated rings. The second kappa shape index (κ2) is 7.33. The van der Waals surface area contributed by atoms with Crippen molar-refractivity contribution in [1.29, 1.82) is 0 Å². The summed E-state index contributed by atoms with van der Waals surface area (Å²) in [7, 11) is 1.83. The lowest BCUT2D eigenvalue weighted by molar-refractivity contribution is -0.131. The number of likely N-dealkylation sites (N-methyl/N-ethyl adjacent to an activating group) is 1. The molecule has 0 radical (unpaired) electrons. The quantitative estimate of drug-likeness (QED) is 0.740. The molecule has 20 heavy (non-hydrogen) atoms. The molecule has 1 unspecified atom stereocenters. The third kappa shape index (κ3) is 4.40. The lowest BCUT2D eigenvalue weighted by Gasteiger charge is -2.44. The van der Waals surface area contributed by atoms with Crippen LogP contribution in [0, 0.1) is 0 Å². The van der Waals surface area contributed by atoms with Crippen LogP contribution in [0.5, 0.6) is 0 Å². The van der Waals surface area contributed by atoms with E-state index in [1.807, 2.05) is 7.05 Å². The summed E-state index contributed by atoms with van der Waals surface area (Å²) in [5.74, 6) is 0.172. The van der Waals surface area contributed by atoms with E-state index < -0.39 is 0 Å². The molecule has 2 saturated heterocycles. The van der Waals surface area contributed by atoms with Crippen molar-refractivity contribution in [2.75, 3.05) is 46.3 Å². The van der Waals surface area contributed by atoms with Gasteiger partial charge in [-0.05, 0) is 19.4 Å². The average Bonchev–Trinajstić information content (AvgIpc) is 2.44. The highest BCUT2D eigenvalue weighted by Gasteiger charge is 2.29. The molecule has 0 spiro atoms. The minimum atomic E-state index is 0.172. The zero-order valence-electron chi connectivity index (χ0n) is 12.4. The minimum Gasteiger partial charge on any atom is -0.393 e. The Hall–Kier alpha value is -0.720. The van der Waals surface area contributed by atoms with Gasteiger partial charge in [0.1, 0.15) is 0 Å². The number of rotatable bonds is 5. The van der Waals surface area contributed by atoms with Gasteiger partial charge in [0.05, 0.1) is 11.5 Å². The Morgan fingerprint density at radius 2 is 2.15 bits per heavy atom. The van der Waals surface area contributed by atoms with Crippen molar-refractivity contribution in [1.82, 2.24) is 14.7 Å². The fourth-order valence-corrected chi connectivity index (χ4v) is 3.17. The van der Waals surface area contributed by atoms with Gasteiger partial charge in [-0.2, -0.15) is 0 Å². The van der Waals surface area contributed by atoms with Crippen molar-refractivity contribution in [3.63, 3.8) is 0 Å². The first-order chi connectivity index (χ1) is 9.56. The van der Waals surface area contributed by atoms with Crippen LogP contribution in [0.4, 0.5) is 0 Å². The average molecular weight is 298 g/mol. The summed E-state index contributed by atoms with van der Waals surface area (Å²) in [4.78, 5) is 19.3. The van der Waals surface area contributed by atoms with E-state index in [-0.39, 0.29) is 5.91 Å². The summed E-state index contributed by atoms with van der Waals surface area (Å²) in [5.41, 5.74) is 5.48. The van der Waals surface area contributed by atoms with Crippen molar-refractivity contribution >= 4 is 23.1 Å². The third-order valence-electron chi connectivity index (χ3n) is 4.40. The Morgan fingerprint density at radius 1 is 1.35 bits per heavy atom. The van der Waals surface area contributed by atoms with Crippen molar-refractivity contribution in [3.8, 4) is 0 Å². The first-order valence-corrected chi connectivity index (χ1v) is 7.96. The molecule has 1 amide bonds. The zero-order valence-corrected chi connectivity index (χ0v) is 13.2. The molecule has 6 heteroatoms. The van der Waals surface area contributed by atoms with Gasteiger partial charge >= 0.3 is 0 Å². The van der Waals surface area contributed by atoms with E-state index in [1.165, 1.54) is 25.8 Å². The van der Waals surface area contributed by atoms with Crippen LogP contribution in [0.25, 0.3) is 0 Å². The molecule has 0 saturated carbocycles. The van der Waals surface area contributed by atoms with Gasteiger partial charge in [-0.3, -0.25) is 14.6 Å². The first kappa shape index (κ1) is 15.7. The van der Waals surface area contributed by atoms with E-state index in [0.717, 1.165) is 19.6 Å². The molecule has 2 heterocycles. The van der Waals surface area contributed by atoms with E-state index >= 15 is 0 Å². The fourth-order valence-electron chi connectivity index (χ4n) is 3.08. The molecule has 2 aliphatic rings. The van der Waals surface area contributed by atoms with Crippen LogP contribution in [0.2, 0.25) is 0 Å². The fraction of sp³-hybridized carbons (Fsp3) is 0.857. The maximum atomic E-state index is 12.2. The molecular weight excluding hydrogens is 272 g/mol. The minimum absolute atomic E-state index is 0.172. The van der Waals surface area contributed by atoms with Gasteiger partial charge in [0.15, 0.2) is 0 Å². The molecule has 0 aromatic carbocycles. The van der Waals surface area contributed by atoms with Crippen LogP contribution in [-0.2, 0) is 4.79 Å². The van der Waals surface area contributed by atoms with Gasteiger partial charge in [0.25, 0.3) is 0 Å². The second-order valence-electron chi connectivity index (χ2n) is 5.95. The van der Waals surface area contributed by atoms with E-state index in [4.69, 9.17) is 18.0 Å². The number of piperidine rings is 1. The van der Waals surface area contributed by atoms with Gasteiger partial charge in [-0.25, -0.2) is 0 Å². The Labute approximate surface area is 127 Å². The van der Waals surface area contributed by atoms with Crippen LogP contribution >= 0.6 is 12.2 Å². The van der Waals surface area contributed by atoms with Gasteiger partial charge in [-0.1, -0.05) is 18.6 Å². The van der Waals surface area contributed by atoms with Crippen molar-refractivity contribution in [2.24, 2.45) is 5.73 Å². The van der Waals surface area contributed by atoms with Gasteiger partial charge < -0.3 is 10.6 Å². The maximum Gasteiger partial charge on any atom is 0.236 e. The molecule has 2 aliphatic heterocycles. The normalized spacial score (nSPS) is 24.1. The van der Waals surface area contributed by atoms with Crippen molar-refractivity contribution in [3.05, 3.63) is 0 Å². The van der Waals surface area contributed by atoms with Crippen LogP contribution < -0.4 is 5.73 Å². The molecular formula is C14H26N4OS. The Morgan fingerprint density at radius 3 is 2.90 bits per heavy atom. The van der Waals surface area contributed by atoms with Crippen LogP contribution in [0.1, 0.15) is 25.7 Å². The number of nitrogens with two attached hydrogens (primary N) is 1. The summed E-state index contributed by atoms with van der Waals surface area (Å²) in [6, 6.07) is 0.659. The predicted octanol–water partition coefficient (Wildman–Crippen LogP) is 0.291. The monoisotopic (exact) mass is 298 g/mol. The maximum absolute atomic E-state index is 12.2. The molecule has 114 valence electrons. The predicted molar refractivity (Wildman–Crippen MR) is 84.7 cm³/mol. The Kier molecular flexibility index (Phi) is 5.74. The number of nitrogens with zero attached hydrogens (tertiary/aromatic N) is 3. The second-order valence-corrected chi connectivity index (χ2v) is 6.48. The number of thiocarbonyl (C=S) groups is 1. The van der Waals surface area contributed by atoms with Gasteiger partial charge in [0, 0.05) is 45.7 Å². The molecule has 0 bridgehead atoms. The van der Waals surface area contributed by atoms with Gasteiger partial charge in [-0.15, -0.1) is 0 Å². The molecule has 2 rings (SSSR count). The van der Waals surface area contributed by atoms with E-state index in [0.29, 0.717) is 30.5 Å². The standard InChI is InChI=1S/C14H26N4OS/c1-16(7-5-13(15)20)14(19)11-17-8-9-18-6-3-2-4-12(18)10-17/h12H,2-11H2,1H3,(H2,15,20). The lowest BCUT2D eigenvalue weighted by atomic mass is 9.99. The largest absolute Gasteiger partial charge is 0.393 e. The van der Waals surface area contributed by atoms with Crippen molar-refractivity contribution in [2.45, 2.75) is 31.7 Å². The Bertz CT molecular complexity index is 363. The number of fused-ring (bicyclic) bond motifs is 1. The zero-order chi connectivity index (χ0) is 14.5. The van der Waals surface area contributed by atoms with E-state index in [9.17, 15) is 4.79 Å². The SMILES string of the molecule is CN(CCC(N)=S)C(=O)CN1CCN2CCCCC2C1. The first-order valence-electron chi connectivity index (χ1n) is 7.55. The third-order valence-corrected chi connectivity index (χ3v) is 4.60. The van der Waals surface area contributed by atoms with E-state index in [2.05, 4.69) is 9.80 Å². The number of piperazine rings is 1. The van der Waals surface area contributed by atoms with Crippen molar-refractivity contribution < 1.29 is 4.79 Å². The number of hydrogen-bond donors (Lipinski definition) is 1. The summed E-state index contributed by atoms with van der Waals surface area (Å²) in [6.07, 6.45) is 4.55. The molecule has 0 aromatic heterocycles. The lowest BCUT2D eigenvalue weighted by Crippen LogP contribution is -2.56. The molecule has 2 N–H and O–H groups in total. The number of carbonyl (C=O) groups excluding carboxylic acids is 1. The Balaban J connectivity index is 1.75. The van der Waals surface area contributed by atoms with E-state index in [1.54, 1.807) is 4.90 Å². The van der Waals surface area contributed by atoms with Crippen LogP contribution in [0.3, 0.4) is 0 Å². The highest BCUT2D eigenvalue weighted by atomic mass is 32.1.